The van der Waals surface area contributed by atoms with Crippen LogP contribution in [0.4, 0.5) is 0 Å². The Morgan fingerprint density at radius 1 is 1.02 bits per heavy atom. The summed E-state index contributed by atoms with van der Waals surface area (Å²) in [5, 5.41) is 21.0. The molecule has 2 aliphatic rings. The molecule has 2 saturated heterocycles. The molecule has 3 heterocycles. The number of aliphatic hydroxyl groups is 1. The van der Waals surface area contributed by atoms with E-state index in [0.717, 1.165) is 34.7 Å². The molecule has 244 valence electrons. The van der Waals surface area contributed by atoms with E-state index in [9.17, 15) is 19.5 Å². The second kappa shape index (κ2) is 14.6. The van der Waals surface area contributed by atoms with Gasteiger partial charge in [0.25, 0.3) is 11.8 Å². The molecule has 0 saturated carbocycles. The second-order valence-corrected chi connectivity index (χ2v) is 13.5. The molecule has 3 amide bonds. The van der Waals surface area contributed by atoms with Crippen LogP contribution in [0.3, 0.4) is 0 Å². The minimum atomic E-state index is -1.22. The summed E-state index contributed by atoms with van der Waals surface area (Å²) < 4.78 is 0. The quantitative estimate of drug-likeness (QED) is 0.232. The van der Waals surface area contributed by atoms with Crippen molar-refractivity contribution in [3.8, 4) is 0 Å². The predicted molar refractivity (Wildman–Crippen MR) is 182 cm³/mol. The summed E-state index contributed by atoms with van der Waals surface area (Å²) in [5.41, 5.74) is 3.60. The molecule has 1 aromatic heterocycles. The molecule has 0 radical (unpaired) electrons. The molecule has 2 aliphatic heterocycles. The number of benzene rings is 3. The highest BCUT2D eigenvalue weighted by Gasteiger charge is 2.40. The van der Waals surface area contributed by atoms with Crippen molar-refractivity contribution in [1.82, 2.24) is 25.4 Å². The molecule has 10 heteroatoms. The van der Waals surface area contributed by atoms with Gasteiger partial charge in [-0.3, -0.25) is 19.7 Å². The molecule has 9 nitrogen and oxygen atoms in total. The number of aryl methyl sites for hydroxylation is 1. The van der Waals surface area contributed by atoms with Crippen molar-refractivity contribution < 1.29 is 19.5 Å². The lowest BCUT2D eigenvalue weighted by Crippen LogP contribution is -2.66. The third-order valence-electron chi connectivity index (χ3n) is 8.93. The van der Waals surface area contributed by atoms with Gasteiger partial charge in [0.1, 0.15) is 11.0 Å². The second-order valence-electron chi connectivity index (χ2n) is 12.6. The Balaban J connectivity index is 1.21. The zero-order chi connectivity index (χ0) is 32.9. The molecule has 3 unspecified atom stereocenters. The van der Waals surface area contributed by atoms with Gasteiger partial charge in [-0.25, -0.2) is 4.98 Å². The van der Waals surface area contributed by atoms with Gasteiger partial charge in [0.2, 0.25) is 5.91 Å². The Kier molecular flexibility index (Phi) is 10.1. The number of amides is 3. The fraction of sp³-hybridized carbons (Fsp3) is 0.351. The van der Waals surface area contributed by atoms with Crippen molar-refractivity contribution in [2.45, 2.75) is 69.9 Å². The van der Waals surface area contributed by atoms with Gasteiger partial charge in [0.15, 0.2) is 0 Å². The van der Waals surface area contributed by atoms with Crippen LogP contribution in [-0.2, 0) is 17.8 Å². The number of piperazine rings is 1. The van der Waals surface area contributed by atoms with Gasteiger partial charge in [-0.2, -0.15) is 0 Å². The van der Waals surface area contributed by atoms with E-state index in [1.165, 1.54) is 0 Å². The van der Waals surface area contributed by atoms with E-state index in [-0.39, 0.29) is 23.9 Å². The highest BCUT2D eigenvalue weighted by molar-refractivity contribution is 7.09. The lowest BCUT2D eigenvalue weighted by Gasteiger charge is -2.41. The van der Waals surface area contributed by atoms with E-state index in [0.29, 0.717) is 37.2 Å². The fourth-order valence-corrected chi connectivity index (χ4v) is 7.54. The Hall–Kier alpha value is -4.38. The Bertz CT molecular complexity index is 1700. The van der Waals surface area contributed by atoms with Crippen LogP contribution in [-0.4, -0.2) is 74.9 Å². The number of nitrogens with one attached hydrogen (secondary N) is 2. The van der Waals surface area contributed by atoms with Gasteiger partial charge in [0.05, 0.1) is 18.2 Å². The van der Waals surface area contributed by atoms with Gasteiger partial charge in [-0.05, 0) is 62.4 Å². The van der Waals surface area contributed by atoms with Crippen LogP contribution >= 0.6 is 11.3 Å². The van der Waals surface area contributed by atoms with E-state index in [1.807, 2.05) is 84.8 Å². The normalized spacial score (nSPS) is 21.0. The van der Waals surface area contributed by atoms with Crippen molar-refractivity contribution in [2.75, 3.05) is 13.1 Å². The monoisotopic (exact) mass is 651 g/mol. The number of carbonyl (C=O) groups excluding carboxylic acids is 3. The summed E-state index contributed by atoms with van der Waals surface area (Å²) in [6.07, 6.45) is 0.842. The SMILES string of the molecule is Cc1csc(C2CCCN2C(=O)c2cccc(C(=O)N[C@@H](Cc3ccccc3)[C@H](O)C3NC(C)CN(Cc4ccccc4)C3=O)c2)n1. The third kappa shape index (κ3) is 7.62. The van der Waals surface area contributed by atoms with Gasteiger partial charge < -0.3 is 20.2 Å². The van der Waals surface area contributed by atoms with Crippen LogP contribution in [0.25, 0.3) is 0 Å². The number of hydrogen-bond donors (Lipinski definition) is 3. The number of carbonyl (C=O) groups is 3. The first-order valence-electron chi connectivity index (χ1n) is 16.2. The van der Waals surface area contributed by atoms with Crippen molar-refractivity contribution in [3.05, 3.63) is 123 Å². The topological polar surface area (TPSA) is 115 Å². The number of likely N-dealkylation sites (tertiary alicyclic amines) is 1. The zero-order valence-corrected chi connectivity index (χ0v) is 27.5. The van der Waals surface area contributed by atoms with E-state index in [2.05, 4.69) is 15.6 Å². The lowest BCUT2D eigenvalue weighted by molar-refractivity contribution is -0.141. The Labute approximate surface area is 279 Å². The molecule has 47 heavy (non-hydrogen) atoms. The molecule has 2 fully saturated rings. The molecule has 3 aromatic carbocycles. The smallest absolute Gasteiger partial charge is 0.254 e. The first-order chi connectivity index (χ1) is 22.8. The van der Waals surface area contributed by atoms with E-state index < -0.39 is 24.1 Å². The summed E-state index contributed by atoms with van der Waals surface area (Å²) in [4.78, 5) is 49.5. The minimum Gasteiger partial charge on any atom is -0.389 e. The van der Waals surface area contributed by atoms with Crippen LogP contribution in [0.1, 0.15) is 68.4 Å². The highest BCUT2D eigenvalue weighted by atomic mass is 32.1. The highest BCUT2D eigenvalue weighted by Crippen LogP contribution is 2.35. The predicted octanol–water partition coefficient (Wildman–Crippen LogP) is 4.52. The number of nitrogens with zero attached hydrogens (tertiary/aromatic N) is 3. The molecular formula is C37H41N5O4S. The van der Waals surface area contributed by atoms with E-state index in [4.69, 9.17) is 0 Å². The molecule has 0 aliphatic carbocycles. The molecule has 5 atom stereocenters. The first-order valence-corrected chi connectivity index (χ1v) is 17.1. The van der Waals surface area contributed by atoms with Crippen molar-refractivity contribution in [2.24, 2.45) is 0 Å². The van der Waals surface area contributed by atoms with E-state index >= 15 is 0 Å². The van der Waals surface area contributed by atoms with Gasteiger partial charge in [0, 0.05) is 47.9 Å². The fourth-order valence-electron chi connectivity index (χ4n) is 6.60. The average Bonchev–Trinajstić information content (AvgIpc) is 3.75. The van der Waals surface area contributed by atoms with Crippen LogP contribution in [0.5, 0.6) is 0 Å². The number of rotatable bonds is 10. The van der Waals surface area contributed by atoms with Crippen molar-refractivity contribution >= 4 is 29.1 Å². The minimum absolute atomic E-state index is 0.0606. The molecule has 6 rings (SSSR count). The average molecular weight is 652 g/mol. The van der Waals surface area contributed by atoms with Crippen LogP contribution in [0.2, 0.25) is 0 Å². The van der Waals surface area contributed by atoms with Gasteiger partial charge in [-0.1, -0.05) is 66.7 Å². The summed E-state index contributed by atoms with van der Waals surface area (Å²) in [7, 11) is 0. The number of thiazole rings is 1. The van der Waals surface area contributed by atoms with Crippen molar-refractivity contribution in [3.63, 3.8) is 0 Å². The first kappa shape index (κ1) is 32.6. The maximum absolute atomic E-state index is 13.8. The maximum Gasteiger partial charge on any atom is 0.254 e. The number of hydrogen-bond acceptors (Lipinski definition) is 7. The maximum atomic E-state index is 13.8. The summed E-state index contributed by atoms with van der Waals surface area (Å²) in [6.45, 7) is 5.51. The number of aliphatic hydroxyl groups excluding tert-OH is 1. The summed E-state index contributed by atoms with van der Waals surface area (Å²) in [5.74, 6) is -0.777. The summed E-state index contributed by atoms with van der Waals surface area (Å²) >= 11 is 1.57. The lowest BCUT2D eigenvalue weighted by atomic mass is 9.93. The zero-order valence-electron chi connectivity index (χ0n) is 26.7. The van der Waals surface area contributed by atoms with E-state index in [1.54, 1.807) is 40.5 Å². The van der Waals surface area contributed by atoms with Gasteiger partial charge >= 0.3 is 0 Å². The van der Waals surface area contributed by atoms with Crippen LogP contribution < -0.4 is 10.6 Å². The summed E-state index contributed by atoms with van der Waals surface area (Å²) in [6, 6.07) is 24.2. The molecule has 0 spiro atoms. The van der Waals surface area contributed by atoms with Crippen molar-refractivity contribution in [1.29, 1.82) is 0 Å². The Morgan fingerprint density at radius 3 is 2.43 bits per heavy atom. The molecule has 0 bridgehead atoms. The van der Waals surface area contributed by atoms with Gasteiger partial charge in [-0.15, -0.1) is 11.3 Å². The molecular weight excluding hydrogens is 611 g/mol. The Morgan fingerprint density at radius 2 is 1.72 bits per heavy atom. The molecule has 4 aromatic rings. The third-order valence-corrected chi connectivity index (χ3v) is 9.99. The van der Waals surface area contributed by atoms with Crippen LogP contribution in [0.15, 0.2) is 90.3 Å². The molecule has 3 N–H and O–H groups in total. The largest absolute Gasteiger partial charge is 0.389 e. The number of aromatic nitrogens is 1. The standard InChI is InChI=1S/C37H41N5O4S/c1-24-21-41(22-27-13-7-4-8-14-27)37(46)32(38-24)33(43)30(19-26-11-5-3-6-12-26)40-34(44)28-15-9-16-29(20-28)36(45)42-18-10-17-31(42)35-39-25(2)23-47-35/h3-9,11-16,20,23-24,30-33,38,43H,10,17-19,21-22H2,1-2H3,(H,40,44)/t24?,30-,31?,32?,33-/m0/s1. The van der Waals surface area contributed by atoms with Crippen LogP contribution in [0, 0.1) is 6.92 Å².